The zero-order valence-electron chi connectivity index (χ0n) is 11.6. The molecule has 0 radical (unpaired) electrons. The molecule has 7 heteroatoms. The maximum absolute atomic E-state index is 12.1. The monoisotopic (exact) mass is 288 g/mol. The van der Waals surface area contributed by atoms with E-state index in [1.54, 1.807) is 20.9 Å². The van der Waals surface area contributed by atoms with E-state index in [0.29, 0.717) is 6.42 Å². The molecule has 0 saturated heterocycles. The number of ether oxygens (including phenoxy) is 1. The van der Waals surface area contributed by atoms with Crippen LogP contribution < -0.4 is 4.72 Å². The third kappa shape index (κ3) is 3.81. The van der Waals surface area contributed by atoms with E-state index in [1.165, 1.54) is 16.8 Å². The third-order valence-corrected chi connectivity index (χ3v) is 4.30. The summed E-state index contributed by atoms with van der Waals surface area (Å²) in [6, 6.07) is 1.17. The number of carbonyl (C=O) groups excluding carboxylic acids is 1. The number of aromatic nitrogens is 1. The van der Waals surface area contributed by atoms with E-state index < -0.39 is 16.0 Å². The number of esters is 1. The van der Waals surface area contributed by atoms with Crippen molar-refractivity contribution in [2.24, 2.45) is 7.05 Å². The van der Waals surface area contributed by atoms with Gasteiger partial charge in [-0.25, -0.2) is 17.9 Å². The second kappa shape index (κ2) is 6.21. The summed E-state index contributed by atoms with van der Waals surface area (Å²) in [7, 11) is -1.99. The van der Waals surface area contributed by atoms with Crippen LogP contribution in [0.2, 0.25) is 0 Å². The van der Waals surface area contributed by atoms with Crippen LogP contribution in [0.4, 0.5) is 0 Å². The Kier molecular flexibility index (Phi) is 5.13. The normalized spacial score (nSPS) is 13.3. The lowest BCUT2D eigenvalue weighted by Gasteiger charge is -2.10. The molecule has 0 saturated carbocycles. The first-order valence-corrected chi connectivity index (χ1v) is 7.66. The molecule has 6 nitrogen and oxygen atoms in total. The number of hydrogen-bond acceptors (Lipinski definition) is 4. The molecule has 1 rings (SSSR count). The molecule has 0 bridgehead atoms. The predicted molar refractivity (Wildman–Crippen MR) is 71.4 cm³/mol. The molecule has 0 aromatic carbocycles. The zero-order chi connectivity index (χ0) is 14.6. The van der Waals surface area contributed by atoms with Crippen molar-refractivity contribution in [2.45, 2.75) is 38.1 Å². The average molecular weight is 288 g/mol. The van der Waals surface area contributed by atoms with Crippen LogP contribution in [0.15, 0.2) is 17.2 Å². The van der Waals surface area contributed by atoms with E-state index in [1.807, 2.05) is 6.92 Å². The van der Waals surface area contributed by atoms with E-state index in [0.717, 1.165) is 0 Å². The molecular weight excluding hydrogens is 268 g/mol. The summed E-state index contributed by atoms with van der Waals surface area (Å²) in [5.74, 6) is -0.532. The smallest absolute Gasteiger partial charge is 0.354 e. The van der Waals surface area contributed by atoms with Gasteiger partial charge < -0.3 is 9.30 Å². The van der Waals surface area contributed by atoms with Gasteiger partial charge in [0.05, 0.1) is 6.61 Å². The minimum atomic E-state index is -3.60. The van der Waals surface area contributed by atoms with Gasteiger partial charge in [0, 0.05) is 19.3 Å². The van der Waals surface area contributed by atoms with Gasteiger partial charge in [-0.3, -0.25) is 0 Å². The molecule has 0 aliphatic carbocycles. The highest BCUT2D eigenvalue weighted by Crippen LogP contribution is 2.15. The van der Waals surface area contributed by atoms with Gasteiger partial charge in [0.2, 0.25) is 10.0 Å². The standard InChI is InChI=1S/C12H20N2O4S/c1-5-9(3)13-19(16,17)10-7-11(14(4)8-10)12(15)18-6-2/h7-9,13H,5-6H2,1-4H3/t9-/m0/s1. The fourth-order valence-corrected chi connectivity index (χ4v) is 2.90. The SMILES string of the molecule is CCOC(=O)c1cc(S(=O)(=O)N[C@@H](C)CC)cn1C. The van der Waals surface area contributed by atoms with Crippen molar-refractivity contribution in [1.29, 1.82) is 0 Å². The zero-order valence-corrected chi connectivity index (χ0v) is 12.5. The van der Waals surface area contributed by atoms with Crippen molar-refractivity contribution in [3.63, 3.8) is 0 Å². The van der Waals surface area contributed by atoms with Gasteiger partial charge in [-0.15, -0.1) is 0 Å². The van der Waals surface area contributed by atoms with E-state index in [4.69, 9.17) is 4.74 Å². The van der Waals surface area contributed by atoms with Gasteiger partial charge in [-0.2, -0.15) is 0 Å². The molecule has 0 amide bonds. The second-order valence-corrected chi connectivity index (χ2v) is 6.04. The van der Waals surface area contributed by atoms with Crippen LogP contribution in [0.1, 0.15) is 37.7 Å². The molecule has 1 atom stereocenters. The number of hydrogen-bond donors (Lipinski definition) is 1. The van der Waals surface area contributed by atoms with Gasteiger partial charge >= 0.3 is 5.97 Å². The van der Waals surface area contributed by atoms with Crippen molar-refractivity contribution in [3.05, 3.63) is 18.0 Å². The highest BCUT2D eigenvalue weighted by molar-refractivity contribution is 7.89. The Morgan fingerprint density at radius 2 is 2.11 bits per heavy atom. The molecule has 0 unspecified atom stereocenters. The number of carbonyl (C=O) groups is 1. The lowest BCUT2D eigenvalue weighted by Crippen LogP contribution is -2.31. The van der Waals surface area contributed by atoms with Crippen LogP contribution >= 0.6 is 0 Å². The van der Waals surface area contributed by atoms with Crippen LogP contribution in [-0.4, -0.2) is 31.6 Å². The van der Waals surface area contributed by atoms with Crippen LogP contribution in [0.3, 0.4) is 0 Å². The van der Waals surface area contributed by atoms with E-state index in [-0.39, 0.29) is 23.2 Å². The Hall–Kier alpha value is -1.34. The quantitative estimate of drug-likeness (QED) is 0.800. The van der Waals surface area contributed by atoms with Gasteiger partial charge in [0.15, 0.2) is 0 Å². The fraction of sp³-hybridized carbons (Fsp3) is 0.583. The lowest BCUT2D eigenvalue weighted by molar-refractivity contribution is 0.0515. The average Bonchev–Trinajstić information content (AvgIpc) is 2.72. The molecule has 19 heavy (non-hydrogen) atoms. The Balaban J connectivity index is 3.03. The Labute approximate surface area is 113 Å². The third-order valence-electron chi connectivity index (χ3n) is 2.74. The van der Waals surface area contributed by atoms with Crippen molar-refractivity contribution in [1.82, 2.24) is 9.29 Å². The molecule has 1 aromatic rings. The first-order valence-electron chi connectivity index (χ1n) is 6.17. The molecule has 1 N–H and O–H groups in total. The van der Waals surface area contributed by atoms with Gasteiger partial charge in [0.25, 0.3) is 0 Å². The van der Waals surface area contributed by atoms with Crippen LogP contribution in [0.25, 0.3) is 0 Å². The van der Waals surface area contributed by atoms with Crippen LogP contribution in [-0.2, 0) is 21.8 Å². The van der Waals surface area contributed by atoms with Gasteiger partial charge in [-0.1, -0.05) is 6.92 Å². The van der Waals surface area contributed by atoms with Gasteiger partial charge in [-0.05, 0) is 26.3 Å². The van der Waals surface area contributed by atoms with Crippen LogP contribution in [0.5, 0.6) is 0 Å². The Morgan fingerprint density at radius 1 is 1.47 bits per heavy atom. The van der Waals surface area contributed by atoms with E-state index >= 15 is 0 Å². The Bertz CT molecular complexity index is 548. The molecule has 0 fully saturated rings. The number of nitrogens with zero attached hydrogens (tertiary/aromatic N) is 1. The maximum atomic E-state index is 12.1. The summed E-state index contributed by atoms with van der Waals surface area (Å²) < 4.78 is 33.0. The van der Waals surface area contributed by atoms with E-state index in [9.17, 15) is 13.2 Å². The summed E-state index contributed by atoms with van der Waals surface area (Å²) in [6.45, 7) is 5.62. The largest absolute Gasteiger partial charge is 0.461 e. The summed E-state index contributed by atoms with van der Waals surface area (Å²) >= 11 is 0. The molecule has 0 spiro atoms. The first kappa shape index (κ1) is 15.7. The summed E-state index contributed by atoms with van der Waals surface area (Å²) in [4.78, 5) is 11.7. The fourth-order valence-electron chi connectivity index (χ4n) is 1.51. The predicted octanol–water partition coefficient (Wildman–Crippen LogP) is 1.28. The maximum Gasteiger partial charge on any atom is 0.354 e. The summed E-state index contributed by atoms with van der Waals surface area (Å²) in [5.41, 5.74) is 0.214. The van der Waals surface area contributed by atoms with Crippen molar-refractivity contribution >= 4 is 16.0 Å². The number of aryl methyl sites for hydroxylation is 1. The number of nitrogens with one attached hydrogen (secondary N) is 1. The lowest BCUT2D eigenvalue weighted by atomic mass is 10.3. The highest BCUT2D eigenvalue weighted by atomic mass is 32.2. The number of sulfonamides is 1. The molecule has 0 aliphatic heterocycles. The minimum Gasteiger partial charge on any atom is -0.461 e. The van der Waals surface area contributed by atoms with E-state index in [2.05, 4.69) is 4.72 Å². The number of rotatable bonds is 6. The second-order valence-electron chi connectivity index (χ2n) is 4.32. The summed E-state index contributed by atoms with van der Waals surface area (Å²) in [6.07, 6.45) is 2.09. The molecule has 0 aliphatic rings. The molecule has 1 heterocycles. The van der Waals surface area contributed by atoms with Gasteiger partial charge in [0.1, 0.15) is 10.6 Å². The highest BCUT2D eigenvalue weighted by Gasteiger charge is 2.22. The minimum absolute atomic E-state index is 0.0679. The molecule has 1 aromatic heterocycles. The van der Waals surface area contributed by atoms with Crippen molar-refractivity contribution < 1.29 is 17.9 Å². The summed E-state index contributed by atoms with van der Waals surface area (Å²) in [5, 5.41) is 0. The van der Waals surface area contributed by atoms with Crippen LogP contribution in [0, 0.1) is 0 Å². The molecule has 108 valence electrons. The molecular formula is C12H20N2O4S. The van der Waals surface area contributed by atoms with Crippen molar-refractivity contribution in [2.75, 3.05) is 6.61 Å². The first-order chi connectivity index (χ1) is 8.81. The van der Waals surface area contributed by atoms with Crippen molar-refractivity contribution in [3.8, 4) is 0 Å². The topological polar surface area (TPSA) is 77.4 Å². The Morgan fingerprint density at radius 3 is 2.63 bits per heavy atom.